The minimum atomic E-state index is -0.644. The molecule has 0 spiro atoms. The van der Waals surface area contributed by atoms with Crippen LogP contribution in [0, 0.1) is 18.3 Å². The van der Waals surface area contributed by atoms with E-state index in [0.29, 0.717) is 27.8 Å². The van der Waals surface area contributed by atoms with Gasteiger partial charge in [0, 0.05) is 5.22 Å². The van der Waals surface area contributed by atoms with E-state index < -0.39 is 23.0 Å². The predicted octanol–water partition coefficient (Wildman–Crippen LogP) is 1.94. The molecule has 0 atom stereocenters. The molecule has 0 radical (unpaired) electrons. The Bertz CT molecular complexity index is 1890. The first-order chi connectivity index (χ1) is 17.3. The van der Waals surface area contributed by atoms with Crippen molar-refractivity contribution in [1.29, 1.82) is 5.26 Å². The van der Waals surface area contributed by atoms with Crippen LogP contribution in [-0.2, 0) is 4.74 Å². The molecule has 10 heteroatoms. The summed E-state index contributed by atoms with van der Waals surface area (Å²) in [7, 11) is 0. The molecule has 0 fully saturated rings. The van der Waals surface area contributed by atoms with Crippen molar-refractivity contribution in [1.82, 2.24) is 19.2 Å². The molecule has 2 aromatic carbocycles. The van der Waals surface area contributed by atoms with Gasteiger partial charge in [0.1, 0.15) is 11.6 Å². The highest BCUT2D eigenvalue weighted by atomic mass is 16.5. The maximum absolute atomic E-state index is 13.5. The molecule has 0 amide bonds. The minimum Gasteiger partial charge on any atom is -0.493 e. The molecule has 0 saturated heterocycles. The number of aromatic hydroxyl groups is 1. The Balaban J connectivity index is 1.71. The van der Waals surface area contributed by atoms with Crippen LogP contribution in [0.3, 0.4) is 0 Å². The maximum atomic E-state index is 13.5. The Labute approximate surface area is 202 Å². The summed E-state index contributed by atoms with van der Waals surface area (Å²) in [5.74, 6) is -0.922. The van der Waals surface area contributed by atoms with Crippen molar-refractivity contribution in [3.8, 4) is 17.6 Å². The van der Waals surface area contributed by atoms with E-state index in [0.717, 1.165) is 4.68 Å². The molecular formula is C26H19N5O5. The number of imidazole rings is 1. The molecule has 0 aliphatic heterocycles. The lowest BCUT2D eigenvalue weighted by Crippen LogP contribution is -2.34. The van der Waals surface area contributed by atoms with Gasteiger partial charge in [-0.2, -0.15) is 5.26 Å². The van der Waals surface area contributed by atoms with Crippen LogP contribution in [0.25, 0.3) is 28.4 Å². The number of benzene rings is 2. The summed E-state index contributed by atoms with van der Waals surface area (Å²) < 4.78 is 7.44. The molecule has 3 aromatic heterocycles. The number of carbonyl (C=O) groups excluding carboxylic acids is 1. The van der Waals surface area contributed by atoms with Crippen molar-refractivity contribution in [2.24, 2.45) is 0 Å². The fourth-order valence-electron chi connectivity index (χ4n) is 4.15. The number of nitrogens with one attached hydrogen (secondary N) is 1. The number of nitrogens with zero attached hydrogens (tertiary/aromatic N) is 4. The van der Waals surface area contributed by atoms with Crippen molar-refractivity contribution in [2.45, 2.75) is 13.8 Å². The molecular weight excluding hydrogens is 462 g/mol. The second-order valence-corrected chi connectivity index (χ2v) is 8.02. The lowest BCUT2D eigenvalue weighted by atomic mass is 10.1. The quantitative estimate of drug-likeness (QED) is 0.374. The summed E-state index contributed by atoms with van der Waals surface area (Å²) in [5, 5.41) is 23.3. The number of fused-ring (bicyclic) bond motifs is 3. The van der Waals surface area contributed by atoms with E-state index in [1.54, 1.807) is 38.1 Å². The Morgan fingerprint density at radius 1 is 1.19 bits per heavy atom. The smallest absolute Gasteiger partial charge is 0.338 e. The number of ether oxygens (including phenoxy) is 1. The Morgan fingerprint density at radius 3 is 2.61 bits per heavy atom. The van der Waals surface area contributed by atoms with E-state index in [1.165, 1.54) is 34.7 Å². The molecule has 0 aliphatic rings. The topological polar surface area (TPSA) is 142 Å². The van der Waals surface area contributed by atoms with Crippen molar-refractivity contribution in [3.05, 3.63) is 96.7 Å². The largest absolute Gasteiger partial charge is 0.493 e. The lowest BCUT2D eigenvalue weighted by Gasteiger charge is -2.06. The van der Waals surface area contributed by atoms with E-state index >= 15 is 0 Å². The number of nitriles is 1. The van der Waals surface area contributed by atoms with Crippen LogP contribution in [-0.4, -0.2) is 36.8 Å². The van der Waals surface area contributed by atoms with E-state index in [-0.39, 0.29) is 28.6 Å². The van der Waals surface area contributed by atoms with Gasteiger partial charge in [0.2, 0.25) is 5.88 Å². The monoisotopic (exact) mass is 481 g/mol. The van der Waals surface area contributed by atoms with Gasteiger partial charge in [-0.15, -0.1) is 0 Å². The number of hydrogen-bond acceptors (Lipinski definition) is 7. The maximum Gasteiger partial charge on any atom is 0.338 e. The molecule has 10 nitrogen and oxygen atoms in total. The Kier molecular flexibility index (Phi) is 5.37. The third-order valence-corrected chi connectivity index (χ3v) is 5.94. The first-order valence-corrected chi connectivity index (χ1v) is 11.0. The number of carbonyl (C=O) groups is 1. The van der Waals surface area contributed by atoms with E-state index in [2.05, 4.69) is 16.2 Å². The van der Waals surface area contributed by atoms with Gasteiger partial charge in [-0.05, 0) is 61.9 Å². The van der Waals surface area contributed by atoms with Crippen LogP contribution in [0.5, 0.6) is 5.88 Å². The number of pyridine rings is 1. The number of para-hydroxylation sites is 2. The average Bonchev–Trinajstić information content (AvgIpc) is 3.39. The molecule has 36 heavy (non-hydrogen) atoms. The second kappa shape index (κ2) is 8.56. The van der Waals surface area contributed by atoms with Crippen LogP contribution in [0.4, 0.5) is 0 Å². The first-order valence-electron chi connectivity index (χ1n) is 11.0. The molecule has 0 bridgehead atoms. The van der Waals surface area contributed by atoms with Gasteiger partial charge < -0.3 is 9.84 Å². The van der Waals surface area contributed by atoms with Gasteiger partial charge in [0.05, 0.1) is 34.5 Å². The summed E-state index contributed by atoms with van der Waals surface area (Å²) in [4.78, 5) is 42.6. The van der Waals surface area contributed by atoms with Crippen LogP contribution in [0.2, 0.25) is 0 Å². The van der Waals surface area contributed by atoms with Crippen molar-refractivity contribution >= 4 is 28.7 Å². The predicted molar refractivity (Wildman–Crippen MR) is 131 cm³/mol. The summed E-state index contributed by atoms with van der Waals surface area (Å²) in [6.07, 6.45) is 1.27. The number of aromatic nitrogens is 4. The van der Waals surface area contributed by atoms with Crippen molar-refractivity contribution in [2.75, 3.05) is 6.61 Å². The zero-order valence-electron chi connectivity index (χ0n) is 19.3. The summed E-state index contributed by atoms with van der Waals surface area (Å²) in [5.41, 5.74) is 1.28. The molecule has 178 valence electrons. The van der Waals surface area contributed by atoms with E-state index in [9.17, 15) is 24.8 Å². The van der Waals surface area contributed by atoms with Gasteiger partial charge in [-0.25, -0.2) is 14.5 Å². The van der Waals surface area contributed by atoms with Crippen LogP contribution >= 0.6 is 0 Å². The summed E-state index contributed by atoms with van der Waals surface area (Å²) in [6, 6.07) is 15.2. The first kappa shape index (κ1) is 22.6. The molecule has 5 rings (SSSR count). The van der Waals surface area contributed by atoms with Crippen LogP contribution in [0.15, 0.2) is 58.1 Å². The summed E-state index contributed by atoms with van der Waals surface area (Å²) in [6.45, 7) is 3.54. The zero-order valence-corrected chi connectivity index (χ0v) is 19.3. The van der Waals surface area contributed by atoms with E-state index in [1.807, 2.05) is 0 Å². The fourth-order valence-corrected chi connectivity index (χ4v) is 4.15. The minimum absolute atomic E-state index is 0.0819. The van der Waals surface area contributed by atoms with Gasteiger partial charge >= 0.3 is 5.97 Å². The third-order valence-electron chi connectivity index (χ3n) is 5.94. The average molecular weight is 481 g/mol. The zero-order chi connectivity index (χ0) is 25.6. The number of hydrogen-bond donors (Lipinski definition) is 2. The van der Waals surface area contributed by atoms with Crippen molar-refractivity contribution in [3.63, 3.8) is 0 Å². The number of aromatic amines is 1. The summed E-state index contributed by atoms with van der Waals surface area (Å²) >= 11 is 0. The molecule has 3 heterocycles. The van der Waals surface area contributed by atoms with Crippen molar-refractivity contribution < 1.29 is 14.6 Å². The highest BCUT2D eigenvalue weighted by Gasteiger charge is 2.19. The molecule has 0 aliphatic carbocycles. The SMILES string of the molecule is CCOC(=O)c1ccc(-n2[nH]c(=O)c(C=c3c(C)c(C#N)c4nc5ccccc5n4c3=O)c2O)cc1. The molecule has 0 saturated carbocycles. The standard InChI is InChI=1S/C26H19N5O5/c1-3-36-26(35)15-8-10-16(11-9-15)31-25(34)18(23(32)29-31)12-17-14(2)19(13-27)22-28-20-6-4-5-7-21(20)30(22)24(17)33/h4-12,34H,3H2,1-2H3,(H,29,32). The highest BCUT2D eigenvalue weighted by Crippen LogP contribution is 2.21. The van der Waals surface area contributed by atoms with Gasteiger partial charge in [-0.3, -0.25) is 19.1 Å². The fraction of sp³-hybridized carbons (Fsp3) is 0.115. The molecule has 5 aromatic rings. The Morgan fingerprint density at radius 2 is 1.92 bits per heavy atom. The van der Waals surface area contributed by atoms with E-state index in [4.69, 9.17) is 4.74 Å². The van der Waals surface area contributed by atoms with Crippen LogP contribution < -0.4 is 16.3 Å². The lowest BCUT2D eigenvalue weighted by molar-refractivity contribution is 0.0526. The third kappa shape index (κ3) is 3.42. The molecule has 0 unspecified atom stereocenters. The Hall–Kier alpha value is -5.17. The highest BCUT2D eigenvalue weighted by molar-refractivity contribution is 5.89. The normalized spacial score (nSPS) is 11.8. The number of H-pyrrole nitrogens is 1. The molecule has 2 N–H and O–H groups in total. The van der Waals surface area contributed by atoms with Crippen LogP contribution in [0.1, 0.15) is 34.0 Å². The number of rotatable bonds is 4. The second-order valence-electron chi connectivity index (χ2n) is 8.02. The van der Waals surface area contributed by atoms with Gasteiger partial charge in [0.25, 0.3) is 11.1 Å². The van der Waals surface area contributed by atoms with Gasteiger partial charge in [0.15, 0.2) is 5.65 Å². The number of esters is 1. The van der Waals surface area contributed by atoms with Gasteiger partial charge in [-0.1, -0.05) is 12.1 Å².